The first kappa shape index (κ1) is 10.2. The predicted molar refractivity (Wildman–Crippen MR) is 61.3 cm³/mol. The molecule has 1 aliphatic rings. The zero-order valence-electron chi connectivity index (χ0n) is 9.40. The molecule has 1 aliphatic carbocycles. The molecule has 1 aromatic carbocycles. The minimum Gasteiger partial charge on any atom is -0.197 e. The molecular weight excluding hydrogens is 182 g/mol. The van der Waals surface area contributed by atoms with Crippen molar-refractivity contribution in [3.63, 3.8) is 0 Å². The molecule has 15 heavy (non-hydrogen) atoms. The topological polar surface area (TPSA) is 23.8 Å². The highest BCUT2D eigenvalue weighted by Crippen LogP contribution is 2.50. The van der Waals surface area contributed by atoms with Crippen molar-refractivity contribution in [1.29, 1.82) is 5.26 Å². The molecular formula is C14H17N. The van der Waals surface area contributed by atoms with Crippen LogP contribution in [0.1, 0.15) is 32.3 Å². The fraction of sp³-hybridized carbons (Fsp3) is 0.500. The lowest BCUT2D eigenvalue weighted by atomic mass is 9.57. The zero-order chi connectivity index (χ0) is 10.9. The zero-order valence-corrected chi connectivity index (χ0v) is 9.40. The smallest absolute Gasteiger partial charge is 0.0827 e. The highest BCUT2D eigenvalue weighted by atomic mass is 14.5. The van der Waals surface area contributed by atoms with Crippen LogP contribution in [0.15, 0.2) is 30.3 Å². The third kappa shape index (κ3) is 1.65. The minimum absolute atomic E-state index is 0.184. The van der Waals surface area contributed by atoms with Gasteiger partial charge < -0.3 is 0 Å². The van der Waals surface area contributed by atoms with E-state index in [1.165, 1.54) is 5.56 Å². The maximum Gasteiger partial charge on any atom is 0.0827 e. The van der Waals surface area contributed by atoms with Crippen LogP contribution in [-0.2, 0) is 5.41 Å². The lowest BCUT2D eigenvalue weighted by Gasteiger charge is -2.45. The van der Waals surface area contributed by atoms with Gasteiger partial charge in [-0.2, -0.15) is 5.26 Å². The van der Waals surface area contributed by atoms with E-state index < -0.39 is 0 Å². The Kier molecular flexibility index (Phi) is 2.52. The Hall–Kier alpha value is -1.29. The van der Waals surface area contributed by atoms with Gasteiger partial charge in [-0.05, 0) is 30.2 Å². The number of benzene rings is 1. The molecule has 78 valence electrons. The van der Waals surface area contributed by atoms with Crippen LogP contribution in [0.25, 0.3) is 0 Å². The largest absolute Gasteiger partial charge is 0.197 e. The van der Waals surface area contributed by atoms with Crippen LogP contribution in [0.4, 0.5) is 0 Å². The van der Waals surface area contributed by atoms with Crippen molar-refractivity contribution in [2.24, 2.45) is 11.8 Å². The number of nitrogens with zero attached hydrogens (tertiary/aromatic N) is 1. The second kappa shape index (κ2) is 3.70. The lowest BCUT2D eigenvalue weighted by Crippen LogP contribution is -2.42. The van der Waals surface area contributed by atoms with Gasteiger partial charge >= 0.3 is 0 Å². The molecule has 0 unspecified atom stereocenters. The van der Waals surface area contributed by atoms with E-state index in [-0.39, 0.29) is 5.41 Å². The van der Waals surface area contributed by atoms with Crippen LogP contribution in [-0.4, -0.2) is 0 Å². The van der Waals surface area contributed by atoms with Gasteiger partial charge in [0, 0.05) is 0 Å². The van der Waals surface area contributed by atoms with E-state index in [0.717, 1.165) is 18.8 Å². The molecule has 0 atom stereocenters. The van der Waals surface area contributed by atoms with E-state index in [0.29, 0.717) is 5.92 Å². The monoisotopic (exact) mass is 199 g/mol. The molecule has 0 heterocycles. The van der Waals surface area contributed by atoms with Gasteiger partial charge in [0.15, 0.2) is 0 Å². The SMILES string of the molecule is CC(C)C1CC(C#N)(c2ccccc2)C1. The van der Waals surface area contributed by atoms with E-state index in [4.69, 9.17) is 0 Å². The molecule has 0 N–H and O–H groups in total. The van der Waals surface area contributed by atoms with Gasteiger partial charge in [0.05, 0.1) is 11.5 Å². The number of hydrogen-bond donors (Lipinski definition) is 0. The summed E-state index contributed by atoms with van der Waals surface area (Å²) in [6.07, 6.45) is 2.07. The minimum atomic E-state index is -0.184. The van der Waals surface area contributed by atoms with Gasteiger partial charge in [-0.1, -0.05) is 44.2 Å². The highest BCUT2D eigenvalue weighted by molar-refractivity contribution is 5.35. The molecule has 1 fully saturated rings. The van der Waals surface area contributed by atoms with Crippen molar-refractivity contribution < 1.29 is 0 Å². The maximum atomic E-state index is 9.34. The van der Waals surface area contributed by atoms with Crippen LogP contribution in [0.2, 0.25) is 0 Å². The summed E-state index contributed by atoms with van der Waals surface area (Å²) in [6.45, 7) is 4.49. The average molecular weight is 199 g/mol. The molecule has 0 radical (unpaired) electrons. The van der Waals surface area contributed by atoms with Gasteiger partial charge in [0.25, 0.3) is 0 Å². The number of rotatable bonds is 2. The number of nitriles is 1. The Morgan fingerprint density at radius 1 is 1.27 bits per heavy atom. The second-order valence-electron chi connectivity index (χ2n) is 4.97. The third-order valence-electron chi connectivity index (χ3n) is 3.70. The molecule has 1 nitrogen and oxygen atoms in total. The third-order valence-corrected chi connectivity index (χ3v) is 3.70. The molecule has 0 aliphatic heterocycles. The molecule has 1 aromatic rings. The molecule has 2 rings (SSSR count). The summed E-state index contributed by atoms with van der Waals surface area (Å²) in [5.74, 6) is 1.43. The van der Waals surface area contributed by atoms with Gasteiger partial charge in [-0.15, -0.1) is 0 Å². The van der Waals surface area contributed by atoms with Crippen molar-refractivity contribution in [2.75, 3.05) is 0 Å². The Labute approximate surface area is 91.7 Å². The van der Waals surface area contributed by atoms with Crippen molar-refractivity contribution in [2.45, 2.75) is 32.1 Å². The summed E-state index contributed by atoms with van der Waals surface area (Å²) in [5, 5.41) is 9.34. The summed E-state index contributed by atoms with van der Waals surface area (Å²) in [4.78, 5) is 0. The fourth-order valence-corrected chi connectivity index (χ4v) is 2.46. The van der Waals surface area contributed by atoms with Crippen molar-refractivity contribution in [3.8, 4) is 6.07 Å². The Balaban J connectivity index is 2.19. The normalized spacial score (nSPS) is 29.6. The van der Waals surface area contributed by atoms with E-state index >= 15 is 0 Å². The standard InChI is InChI=1S/C14H17N/c1-11(2)12-8-14(9-12,10-15)13-6-4-3-5-7-13/h3-7,11-12H,8-9H2,1-2H3. The van der Waals surface area contributed by atoms with E-state index in [2.05, 4.69) is 32.0 Å². The molecule has 1 saturated carbocycles. The molecule has 0 saturated heterocycles. The number of hydrogen-bond acceptors (Lipinski definition) is 1. The summed E-state index contributed by atoms with van der Waals surface area (Å²) < 4.78 is 0. The van der Waals surface area contributed by atoms with Crippen molar-refractivity contribution in [3.05, 3.63) is 35.9 Å². The quantitative estimate of drug-likeness (QED) is 0.715. The summed E-state index contributed by atoms with van der Waals surface area (Å²) in [7, 11) is 0. The van der Waals surface area contributed by atoms with E-state index in [1.54, 1.807) is 0 Å². The highest BCUT2D eigenvalue weighted by Gasteiger charge is 2.46. The molecule has 0 amide bonds. The molecule has 0 spiro atoms. The van der Waals surface area contributed by atoms with Crippen LogP contribution >= 0.6 is 0 Å². The van der Waals surface area contributed by atoms with Gasteiger partial charge in [0.1, 0.15) is 0 Å². The first-order valence-corrected chi connectivity index (χ1v) is 5.65. The summed E-state index contributed by atoms with van der Waals surface area (Å²) in [6, 6.07) is 12.7. The first-order chi connectivity index (χ1) is 7.18. The van der Waals surface area contributed by atoms with Crippen molar-refractivity contribution in [1.82, 2.24) is 0 Å². The van der Waals surface area contributed by atoms with Crippen LogP contribution in [0.5, 0.6) is 0 Å². The van der Waals surface area contributed by atoms with E-state index in [1.807, 2.05) is 18.2 Å². The maximum absolute atomic E-state index is 9.34. The Morgan fingerprint density at radius 2 is 1.87 bits per heavy atom. The van der Waals surface area contributed by atoms with Gasteiger partial charge in [0.2, 0.25) is 0 Å². The Bertz CT molecular complexity index is 366. The summed E-state index contributed by atoms with van der Waals surface area (Å²) in [5.41, 5.74) is 1.01. The van der Waals surface area contributed by atoms with Crippen molar-refractivity contribution >= 4 is 0 Å². The fourth-order valence-electron chi connectivity index (χ4n) is 2.46. The van der Waals surface area contributed by atoms with Crippen LogP contribution < -0.4 is 0 Å². The first-order valence-electron chi connectivity index (χ1n) is 5.65. The molecule has 1 heteroatoms. The summed E-state index contributed by atoms with van der Waals surface area (Å²) >= 11 is 0. The van der Waals surface area contributed by atoms with Gasteiger partial charge in [-0.3, -0.25) is 0 Å². The predicted octanol–water partition coefficient (Wildman–Crippen LogP) is 3.51. The molecule has 0 aromatic heterocycles. The van der Waals surface area contributed by atoms with Crippen LogP contribution in [0.3, 0.4) is 0 Å². The Morgan fingerprint density at radius 3 is 2.33 bits per heavy atom. The van der Waals surface area contributed by atoms with Crippen LogP contribution in [0, 0.1) is 23.2 Å². The van der Waals surface area contributed by atoms with Gasteiger partial charge in [-0.25, -0.2) is 0 Å². The second-order valence-corrected chi connectivity index (χ2v) is 4.97. The lowest BCUT2D eigenvalue weighted by molar-refractivity contribution is 0.145. The van der Waals surface area contributed by atoms with E-state index in [9.17, 15) is 5.26 Å². The average Bonchev–Trinajstić information content (AvgIpc) is 2.18. The molecule has 0 bridgehead atoms.